The van der Waals surface area contributed by atoms with E-state index >= 15 is 0 Å². The van der Waals surface area contributed by atoms with Crippen molar-refractivity contribution in [1.29, 1.82) is 0 Å². The zero-order chi connectivity index (χ0) is 20.5. The van der Waals surface area contributed by atoms with Gasteiger partial charge in [-0.3, -0.25) is 0 Å². The summed E-state index contributed by atoms with van der Waals surface area (Å²) in [5.74, 6) is 1.79. The number of furan rings is 1. The van der Waals surface area contributed by atoms with Crippen LogP contribution in [-0.2, 0) is 23.6 Å². The number of carbonyl (C=O) groups excluding carboxylic acids is 1. The van der Waals surface area contributed by atoms with Crippen LogP contribution in [0.1, 0.15) is 39.9 Å². The summed E-state index contributed by atoms with van der Waals surface area (Å²) in [6.45, 7) is 5.18. The largest absolute Gasteiger partial charge is 0.465 e. The first-order valence-corrected chi connectivity index (χ1v) is 10.3. The number of hydrogen-bond donors (Lipinski definition) is 2. The maximum atomic E-state index is 13.5. The number of halogens is 2. The number of thioether (sulfide) groups is 1. The highest BCUT2D eigenvalue weighted by molar-refractivity contribution is 14.0. The number of rotatable bonds is 8. The van der Waals surface area contributed by atoms with Crippen molar-refractivity contribution < 1.29 is 18.3 Å². The Morgan fingerprint density at radius 3 is 2.69 bits per heavy atom. The molecule has 2 N–H and O–H groups in total. The SMILES string of the molecule is CCNC(=NCc1ccc(F)cc1CSC)NCc1cc(C(=O)OC)c(C)o1.I. The summed E-state index contributed by atoms with van der Waals surface area (Å²) in [5, 5.41) is 6.35. The normalized spacial score (nSPS) is 11.0. The number of hydrogen-bond acceptors (Lipinski definition) is 5. The molecule has 0 aliphatic carbocycles. The van der Waals surface area contributed by atoms with Gasteiger partial charge in [-0.05, 0) is 49.4 Å². The van der Waals surface area contributed by atoms with Crippen molar-refractivity contribution in [3.8, 4) is 0 Å². The standard InChI is InChI=1S/C20H26FN3O3S.HI/c1-5-22-20(23-10-14-6-7-16(21)8-15(14)12-28-4)24-11-17-9-18(13(2)27-17)19(25)26-3;/h6-9H,5,10-12H2,1-4H3,(H2,22,23,24);1H. The van der Waals surface area contributed by atoms with Gasteiger partial charge in [-0.15, -0.1) is 24.0 Å². The lowest BCUT2D eigenvalue weighted by Gasteiger charge is -2.11. The van der Waals surface area contributed by atoms with Gasteiger partial charge in [-0.1, -0.05) is 6.07 Å². The minimum atomic E-state index is -0.425. The second-order valence-corrected chi connectivity index (χ2v) is 6.93. The molecule has 0 fully saturated rings. The van der Waals surface area contributed by atoms with Crippen molar-refractivity contribution in [2.75, 3.05) is 19.9 Å². The molecule has 0 amide bonds. The number of nitrogens with one attached hydrogen (secondary N) is 2. The third-order valence-corrected chi connectivity index (χ3v) is 4.62. The predicted molar refractivity (Wildman–Crippen MR) is 125 cm³/mol. The van der Waals surface area contributed by atoms with E-state index in [1.807, 2.05) is 13.2 Å². The first kappa shape index (κ1) is 25.3. The van der Waals surface area contributed by atoms with Gasteiger partial charge in [0.25, 0.3) is 0 Å². The third-order valence-electron chi connectivity index (χ3n) is 4.02. The lowest BCUT2D eigenvalue weighted by Crippen LogP contribution is -2.36. The van der Waals surface area contributed by atoms with Crippen LogP contribution in [0.25, 0.3) is 0 Å². The van der Waals surface area contributed by atoms with E-state index in [0.29, 0.717) is 42.7 Å². The summed E-state index contributed by atoms with van der Waals surface area (Å²) in [7, 11) is 1.34. The topological polar surface area (TPSA) is 75.9 Å². The summed E-state index contributed by atoms with van der Waals surface area (Å²) in [5.41, 5.74) is 2.33. The van der Waals surface area contributed by atoms with Crippen LogP contribution in [0.2, 0.25) is 0 Å². The van der Waals surface area contributed by atoms with Crippen LogP contribution in [0.15, 0.2) is 33.7 Å². The average molecular weight is 535 g/mol. The van der Waals surface area contributed by atoms with Gasteiger partial charge in [0.2, 0.25) is 0 Å². The second kappa shape index (κ2) is 12.7. The quantitative estimate of drug-likeness (QED) is 0.228. The number of benzene rings is 1. The highest BCUT2D eigenvalue weighted by Crippen LogP contribution is 2.18. The van der Waals surface area contributed by atoms with Gasteiger partial charge in [0.1, 0.15) is 22.9 Å². The molecule has 0 unspecified atom stereocenters. The molecule has 9 heteroatoms. The monoisotopic (exact) mass is 535 g/mol. The third kappa shape index (κ3) is 7.54. The Morgan fingerprint density at radius 1 is 1.28 bits per heavy atom. The molecular formula is C20H27FIN3O3S. The smallest absolute Gasteiger partial charge is 0.341 e. The zero-order valence-corrected chi connectivity index (χ0v) is 20.2. The van der Waals surface area contributed by atoms with E-state index in [9.17, 15) is 9.18 Å². The lowest BCUT2D eigenvalue weighted by atomic mass is 10.1. The van der Waals surface area contributed by atoms with Gasteiger partial charge >= 0.3 is 5.97 Å². The highest BCUT2D eigenvalue weighted by Gasteiger charge is 2.15. The van der Waals surface area contributed by atoms with Crippen molar-refractivity contribution in [3.05, 3.63) is 58.3 Å². The molecule has 0 aliphatic rings. The van der Waals surface area contributed by atoms with E-state index in [-0.39, 0.29) is 29.8 Å². The molecule has 2 aromatic rings. The van der Waals surface area contributed by atoms with Crippen molar-refractivity contribution in [2.24, 2.45) is 4.99 Å². The summed E-state index contributed by atoms with van der Waals surface area (Å²) < 4.78 is 23.8. The fourth-order valence-electron chi connectivity index (χ4n) is 2.66. The number of esters is 1. The van der Waals surface area contributed by atoms with Crippen molar-refractivity contribution in [2.45, 2.75) is 32.7 Å². The van der Waals surface area contributed by atoms with Crippen LogP contribution >= 0.6 is 35.7 Å². The molecule has 0 saturated heterocycles. The summed E-state index contributed by atoms with van der Waals surface area (Å²) in [6.07, 6.45) is 1.98. The molecule has 0 bridgehead atoms. The summed E-state index contributed by atoms with van der Waals surface area (Å²) >= 11 is 1.64. The Labute approximate surface area is 192 Å². The molecule has 0 atom stereocenters. The lowest BCUT2D eigenvalue weighted by molar-refractivity contribution is 0.0599. The minimum absolute atomic E-state index is 0. The number of aliphatic imine (C=N–C) groups is 1. The van der Waals surface area contributed by atoms with Crippen LogP contribution in [0, 0.1) is 12.7 Å². The maximum Gasteiger partial charge on any atom is 0.341 e. The Balaban J connectivity index is 0.00000420. The molecule has 0 radical (unpaired) electrons. The van der Waals surface area contributed by atoms with Gasteiger partial charge in [0.05, 0.1) is 20.2 Å². The van der Waals surface area contributed by atoms with Crippen LogP contribution in [-0.4, -0.2) is 31.8 Å². The van der Waals surface area contributed by atoms with Crippen LogP contribution in [0.3, 0.4) is 0 Å². The fraction of sp³-hybridized carbons (Fsp3) is 0.400. The van der Waals surface area contributed by atoms with E-state index in [0.717, 1.165) is 16.9 Å². The molecule has 1 heterocycles. The van der Waals surface area contributed by atoms with Crippen LogP contribution in [0.5, 0.6) is 0 Å². The first-order chi connectivity index (χ1) is 13.5. The summed E-state index contributed by atoms with van der Waals surface area (Å²) in [4.78, 5) is 16.3. The molecule has 0 saturated carbocycles. The van der Waals surface area contributed by atoms with Crippen molar-refractivity contribution in [3.63, 3.8) is 0 Å². The predicted octanol–water partition coefficient (Wildman–Crippen LogP) is 4.25. The minimum Gasteiger partial charge on any atom is -0.465 e. The molecule has 6 nitrogen and oxygen atoms in total. The van der Waals surface area contributed by atoms with Crippen molar-refractivity contribution >= 4 is 47.7 Å². The number of aryl methyl sites for hydroxylation is 1. The van der Waals surface area contributed by atoms with E-state index in [1.54, 1.807) is 36.9 Å². The number of nitrogens with zero attached hydrogens (tertiary/aromatic N) is 1. The Morgan fingerprint density at radius 2 is 2.03 bits per heavy atom. The Hall–Kier alpha value is -1.75. The average Bonchev–Trinajstić information content (AvgIpc) is 3.05. The van der Waals surface area contributed by atoms with Crippen LogP contribution in [0.4, 0.5) is 4.39 Å². The molecule has 0 aliphatic heterocycles. The van der Waals surface area contributed by atoms with E-state index < -0.39 is 5.97 Å². The number of carbonyl (C=O) groups is 1. The Kier molecular flexibility index (Phi) is 11.1. The van der Waals surface area contributed by atoms with Crippen molar-refractivity contribution in [1.82, 2.24) is 10.6 Å². The fourth-order valence-corrected chi connectivity index (χ4v) is 3.24. The molecule has 29 heavy (non-hydrogen) atoms. The molecular weight excluding hydrogens is 508 g/mol. The molecule has 1 aromatic carbocycles. The highest BCUT2D eigenvalue weighted by atomic mass is 127. The zero-order valence-electron chi connectivity index (χ0n) is 17.0. The number of guanidine groups is 1. The van der Waals surface area contributed by atoms with E-state index in [2.05, 4.69) is 15.6 Å². The van der Waals surface area contributed by atoms with E-state index in [1.165, 1.54) is 13.2 Å². The summed E-state index contributed by atoms with van der Waals surface area (Å²) in [6, 6.07) is 6.44. The van der Waals surface area contributed by atoms with Gasteiger partial charge < -0.3 is 19.8 Å². The first-order valence-electron chi connectivity index (χ1n) is 8.94. The van der Waals surface area contributed by atoms with Gasteiger partial charge in [-0.25, -0.2) is 14.2 Å². The molecule has 2 rings (SSSR count). The maximum absolute atomic E-state index is 13.5. The number of methoxy groups -OCH3 is 1. The molecule has 0 spiro atoms. The van der Waals surface area contributed by atoms with Gasteiger partial charge in [-0.2, -0.15) is 11.8 Å². The van der Waals surface area contributed by atoms with Gasteiger partial charge in [0, 0.05) is 12.3 Å². The number of ether oxygens (including phenoxy) is 1. The second-order valence-electron chi connectivity index (χ2n) is 6.07. The van der Waals surface area contributed by atoms with E-state index in [4.69, 9.17) is 9.15 Å². The molecule has 160 valence electrons. The Bertz CT molecular complexity index is 842. The molecule has 1 aromatic heterocycles. The van der Waals surface area contributed by atoms with Gasteiger partial charge in [0.15, 0.2) is 5.96 Å². The van der Waals surface area contributed by atoms with Crippen LogP contribution < -0.4 is 10.6 Å².